The lowest BCUT2D eigenvalue weighted by molar-refractivity contribution is -0.126. The van der Waals surface area contributed by atoms with Gasteiger partial charge in [-0.1, -0.05) is 6.08 Å². The van der Waals surface area contributed by atoms with Gasteiger partial charge in [-0.15, -0.1) is 6.58 Å². The van der Waals surface area contributed by atoms with E-state index < -0.39 is 0 Å². The summed E-state index contributed by atoms with van der Waals surface area (Å²) in [6.45, 7) is 5.27. The van der Waals surface area contributed by atoms with Gasteiger partial charge in [0, 0.05) is 19.6 Å². The van der Waals surface area contributed by atoms with Crippen molar-refractivity contribution in [3.8, 4) is 0 Å². The van der Waals surface area contributed by atoms with E-state index in [2.05, 4.69) is 17.2 Å². The molecule has 0 aliphatic carbocycles. The summed E-state index contributed by atoms with van der Waals surface area (Å²) in [5, 5.41) is 5.40. The minimum atomic E-state index is -0.301. The van der Waals surface area contributed by atoms with Crippen LogP contribution in [0.15, 0.2) is 12.7 Å². The molecule has 2 N–H and O–H groups in total. The summed E-state index contributed by atoms with van der Waals surface area (Å²) < 4.78 is 0. The Kier molecular flexibility index (Phi) is 3.45. The van der Waals surface area contributed by atoms with E-state index in [1.807, 2.05) is 0 Å². The third-order valence-electron chi connectivity index (χ3n) is 1.72. The third kappa shape index (κ3) is 2.55. The van der Waals surface area contributed by atoms with Crippen molar-refractivity contribution in [3.05, 3.63) is 12.7 Å². The van der Waals surface area contributed by atoms with Gasteiger partial charge in [-0.25, -0.2) is 4.79 Å². The number of carbonyl (C=O) groups is 2. The predicted octanol–water partition coefficient (Wildman–Crippen LogP) is -0.686. The van der Waals surface area contributed by atoms with Crippen molar-refractivity contribution in [3.63, 3.8) is 0 Å². The highest BCUT2D eigenvalue weighted by Gasteiger charge is 2.24. The van der Waals surface area contributed by atoms with Crippen LogP contribution in [0.5, 0.6) is 0 Å². The molecule has 72 valence electrons. The summed E-state index contributed by atoms with van der Waals surface area (Å²) >= 11 is 0. The number of nitrogens with one attached hydrogen (secondary N) is 2. The molecule has 3 amide bonds. The van der Waals surface area contributed by atoms with Crippen LogP contribution in [-0.4, -0.2) is 43.0 Å². The predicted molar refractivity (Wildman–Crippen MR) is 48.2 cm³/mol. The molecule has 5 heteroatoms. The first kappa shape index (κ1) is 9.73. The normalized spacial score (nSPS) is 15.7. The number of urea groups is 1. The van der Waals surface area contributed by atoms with E-state index in [9.17, 15) is 9.59 Å². The fraction of sp³-hybridized carbons (Fsp3) is 0.500. The minimum Gasteiger partial charge on any atom is -0.336 e. The molecule has 0 radical (unpaired) electrons. The van der Waals surface area contributed by atoms with Crippen LogP contribution in [0.3, 0.4) is 0 Å². The molecule has 1 rings (SSSR count). The number of hydrogen-bond acceptors (Lipinski definition) is 3. The highest BCUT2D eigenvalue weighted by atomic mass is 16.2. The van der Waals surface area contributed by atoms with E-state index in [4.69, 9.17) is 0 Å². The largest absolute Gasteiger partial charge is 0.336 e. The monoisotopic (exact) mass is 183 g/mol. The Morgan fingerprint density at radius 2 is 2.54 bits per heavy atom. The van der Waals surface area contributed by atoms with Gasteiger partial charge in [-0.2, -0.15) is 0 Å². The van der Waals surface area contributed by atoms with Gasteiger partial charge in [-0.3, -0.25) is 9.69 Å². The standard InChI is InChI=1S/C8H13N3O2/c1-2-3-9-6-7(12)11-5-4-10-8(11)13/h2,9H,1,3-6H2,(H,10,13). The van der Waals surface area contributed by atoms with E-state index in [0.29, 0.717) is 19.6 Å². The van der Waals surface area contributed by atoms with E-state index in [1.54, 1.807) is 6.08 Å². The summed E-state index contributed by atoms with van der Waals surface area (Å²) in [6.07, 6.45) is 1.66. The van der Waals surface area contributed by atoms with Crippen molar-refractivity contribution in [2.24, 2.45) is 0 Å². The molecule has 0 aromatic rings. The summed E-state index contributed by atoms with van der Waals surface area (Å²) in [5.74, 6) is -0.197. The Balaban J connectivity index is 2.30. The average molecular weight is 183 g/mol. The number of rotatable bonds is 4. The highest BCUT2D eigenvalue weighted by Crippen LogP contribution is 1.96. The quantitative estimate of drug-likeness (QED) is 0.448. The van der Waals surface area contributed by atoms with Gasteiger partial charge >= 0.3 is 6.03 Å². The van der Waals surface area contributed by atoms with E-state index in [1.165, 1.54) is 4.90 Å². The van der Waals surface area contributed by atoms with Crippen LogP contribution in [0.1, 0.15) is 0 Å². The lowest BCUT2D eigenvalue weighted by atomic mass is 10.5. The topological polar surface area (TPSA) is 61.4 Å². The Morgan fingerprint density at radius 3 is 3.08 bits per heavy atom. The second kappa shape index (κ2) is 4.61. The minimum absolute atomic E-state index is 0.180. The molecule has 0 bridgehead atoms. The van der Waals surface area contributed by atoms with E-state index >= 15 is 0 Å². The van der Waals surface area contributed by atoms with Crippen molar-refractivity contribution in [1.29, 1.82) is 0 Å². The molecule has 0 unspecified atom stereocenters. The zero-order valence-electron chi connectivity index (χ0n) is 7.38. The second-order valence-electron chi connectivity index (χ2n) is 2.70. The summed E-state index contributed by atoms with van der Waals surface area (Å²) in [5.41, 5.74) is 0. The molecule has 0 aromatic carbocycles. The Morgan fingerprint density at radius 1 is 1.77 bits per heavy atom. The van der Waals surface area contributed by atoms with Gasteiger partial charge in [0.15, 0.2) is 0 Å². The number of nitrogens with zero attached hydrogens (tertiary/aromatic N) is 1. The molecular formula is C8H13N3O2. The fourth-order valence-electron chi connectivity index (χ4n) is 1.09. The molecule has 1 aliphatic rings. The van der Waals surface area contributed by atoms with E-state index in [0.717, 1.165) is 0 Å². The van der Waals surface area contributed by atoms with Gasteiger partial charge in [0.05, 0.1) is 6.54 Å². The lowest BCUT2D eigenvalue weighted by Gasteiger charge is -2.11. The third-order valence-corrected chi connectivity index (χ3v) is 1.72. The van der Waals surface area contributed by atoms with E-state index in [-0.39, 0.29) is 18.5 Å². The zero-order chi connectivity index (χ0) is 9.68. The Hall–Kier alpha value is -1.36. The molecule has 13 heavy (non-hydrogen) atoms. The summed E-state index contributed by atoms with van der Waals surface area (Å²) in [6, 6.07) is -0.301. The van der Waals surface area contributed by atoms with Gasteiger partial charge in [0.25, 0.3) is 0 Å². The number of hydrogen-bond donors (Lipinski definition) is 2. The van der Waals surface area contributed by atoms with Crippen molar-refractivity contribution < 1.29 is 9.59 Å². The van der Waals surface area contributed by atoms with Crippen LogP contribution in [0.4, 0.5) is 4.79 Å². The molecule has 1 fully saturated rings. The summed E-state index contributed by atoms with van der Waals surface area (Å²) in [7, 11) is 0. The molecule has 1 aliphatic heterocycles. The maximum atomic E-state index is 11.3. The second-order valence-corrected chi connectivity index (χ2v) is 2.70. The Labute approximate surface area is 76.8 Å². The smallest absolute Gasteiger partial charge is 0.324 e. The van der Waals surface area contributed by atoms with Crippen LogP contribution < -0.4 is 10.6 Å². The number of imide groups is 1. The highest BCUT2D eigenvalue weighted by molar-refractivity contribution is 5.96. The van der Waals surface area contributed by atoms with Gasteiger partial charge in [0.2, 0.25) is 5.91 Å². The summed E-state index contributed by atoms with van der Waals surface area (Å²) in [4.78, 5) is 23.5. The fourth-order valence-corrected chi connectivity index (χ4v) is 1.09. The molecule has 1 heterocycles. The molecule has 0 saturated carbocycles. The first-order chi connectivity index (χ1) is 6.25. The van der Waals surface area contributed by atoms with Crippen LogP contribution in [-0.2, 0) is 4.79 Å². The van der Waals surface area contributed by atoms with Crippen LogP contribution in [0, 0.1) is 0 Å². The Bertz CT molecular complexity index is 227. The van der Waals surface area contributed by atoms with Gasteiger partial charge in [-0.05, 0) is 0 Å². The first-order valence-corrected chi connectivity index (χ1v) is 4.15. The molecular weight excluding hydrogens is 170 g/mol. The molecule has 5 nitrogen and oxygen atoms in total. The van der Waals surface area contributed by atoms with Gasteiger partial charge < -0.3 is 10.6 Å². The number of carbonyl (C=O) groups excluding carboxylic acids is 2. The van der Waals surface area contributed by atoms with Crippen molar-refractivity contribution in [2.45, 2.75) is 0 Å². The van der Waals surface area contributed by atoms with Crippen LogP contribution in [0.2, 0.25) is 0 Å². The molecule has 0 aromatic heterocycles. The van der Waals surface area contributed by atoms with Crippen LogP contribution in [0.25, 0.3) is 0 Å². The van der Waals surface area contributed by atoms with Gasteiger partial charge in [0.1, 0.15) is 0 Å². The average Bonchev–Trinajstić information content (AvgIpc) is 2.52. The SMILES string of the molecule is C=CCNCC(=O)N1CCNC1=O. The zero-order valence-corrected chi connectivity index (χ0v) is 7.38. The lowest BCUT2D eigenvalue weighted by Crippen LogP contribution is -2.40. The van der Waals surface area contributed by atoms with Crippen LogP contribution >= 0.6 is 0 Å². The van der Waals surface area contributed by atoms with Crippen molar-refractivity contribution in [2.75, 3.05) is 26.2 Å². The molecule has 1 saturated heterocycles. The maximum Gasteiger partial charge on any atom is 0.324 e. The number of amides is 3. The molecule has 0 atom stereocenters. The first-order valence-electron chi connectivity index (χ1n) is 4.15. The molecule has 0 spiro atoms. The van der Waals surface area contributed by atoms with Crippen molar-refractivity contribution in [1.82, 2.24) is 15.5 Å². The maximum absolute atomic E-state index is 11.3. The van der Waals surface area contributed by atoms with Crippen molar-refractivity contribution >= 4 is 11.9 Å².